The molecule has 0 atom stereocenters. The normalized spacial score (nSPS) is 11.2. The monoisotopic (exact) mass is 292 g/mol. The van der Waals surface area contributed by atoms with Crippen molar-refractivity contribution in [3.8, 4) is 17.2 Å². The second-order valence-electron chi connectivity index (χ2n) is 4.17. The van der Waals surface area contributed by atoms with Gasteiger partial charge in [-0.3, -0.25) is 0 Å². The molecule has 0 unspecified atom stereocenters. The molecule has 0 aliphatic carbocycles. The molecule has 0 aliphatic heterocycles. The number of rotatable bonds is 6. The molecule has 0 saturated carbocycles. The van der Waals surface area contributed by atoms with Gasteiger partial charge in [0.05, 0.1) is 22.5 Å². The third kappa shape index (κ3) is 3.45. The van der Waals surface area contributed by atoms with Gasteiger partial charge in [-0.2, -0.15) is 0 Å². The minimum absolute atomic E-state index is 0.0474. The summed E-state index contributed by atoms with van der Waals surface area (Å²) in [5.74, 6) is -0.810. The number of benzene rings is 2. The molecule has 0 spiro atoms. The predicted octanol–water partition coefficient (Wildman–Crippen LogP) is 2.98. The molecule has 0 radical (unpaired) electrons. The van der Waals surface area contributed by atoms with Crippen LogP contribution in [0.3, 0.4) is 0 Å². The Bertz CT molecular complexity index is 661. The first kappa shape index (κ1) is 12.1. The number of hydrogen-bond donors (Lipinski definition) is 1. The van der Waals surface area contributed by atoms with E-state index in [1.165, 1.54) is 12.1 Å². The van der Waals surface area contributed by atoms with Gasteiger partial charge in [0.25, 0.3) is 0 Å². The SMILES string of the molecule is [3H]COc1cc(C(=O)O)cc(OCc2ccccc2)c1OC[3H]. The van der Waals surface area contributed by atoms with Crippen LogP contribution in [-0.2, 0) is 6.61 Å². The minimum atomic E-state index is -1.15. The summed E-state index contributed by atoms with van der Waals surface area (Å²) < 4.78 is 30.3. The molecule has 5 nitrogen and oxygen atoms in total. The quantitative estimate of drug-likeness (QED) is 0.886. The summed E-state index contributed by atoms with van der Waals surface area (Å²) in [5, 5.41) is 9.17. The van der Waals surface area contributed by atoms with E-state index in [9.17, 15) is 9.90 Å². The van der Waals surface area contributed by atoms with Crippen LogP contribution in [0.25, 0.3) is 0 Å². The van der Waals surface area contributed by atoms with Gasteiger partial charge in [0.2, 0.25) is 5.75 Å². The lowest BCUT2D eigenvalue weighted by Crippen LogP contribution is -2.03. The molecule has 2 aromatic rings. The van der Waals surface area contributed by atoms with Crippen molar-refractivity contribution in [2.75, 3.05) is 14.2 Å². The highest BCUT2D eigenvalue weighted by atomic mass is 16.5. The fourth-order valence-electron chi connectivity index (χ4n) is 1.79. The molecule has 0 heterocycles. The molecule has 5 heteroatoms. The Balaban J connectivity index is 2.35. The molecule has 1 N–H and O–H groups in total. The van der Waals surface area contributed by atoms with Crippen LogP contribution in [-0.4, -0.2) is 25.2 Å². The summed E-state index contributed by atoms with van der Waals surface area (Å²) in [7, 11) is -0.794. The Morgan fingerprint density at radius 3 is 2.52 bits per heavy atom. The highest BCUT2D eigenvalue weighted by molar-refractivity contribution is 5.89. The van der Waals surface area contributed by atoms with E-state index < -0.39 is 13.1 Å². The van der Waals surface area contributed by atoms with Gasteiger partial charge in [-0.25, -0.2) is 4.79 Å². The number of methoxy groups -OCH3 is 2. The number of carboxylic acid groups (broad SMARTS) is 1. The van der Waals surface area contributed by atoms with Crippen LogP contribution in [0.4, 0.5) is 0 Å². The van der Waals surface area contributed by atoms with Crippen molar-refractivity contribution in [1.29, 1.82) is 0 Å². The van der Waals surface area contributed by atoms with Crippen molar-refractivity contribution in [3.63, 3.8) is 0 Å². The number of carboxylic acids is 1. The van der Waals surface area contributed by atoms with E-state index in [4.69, 9.17) is 17.0 Å². The molecule has 0 amide bonds. The summed E-state index contributed by atoms with van der Waals surface area (Å²) in [5.41, 5.74) is 0.849. The van der Waals surface area contributed by atoms with Gasteiger partial charge in [-0.15, -0.1) is 0 Å². The lowest BCUT2D eigenvalue weighted by atomic mass is 10.2. The maximum Gasteiger partial charge on any atom is 0.335 e. The number of hydrogen-bond acceptors (Lipinski definition) is 4. The van der Waals surface area contributed by atoms with Crippen molar-refractivity contribution in [3.05, 3.63) is 53.6 Å². The summed E-state index contributed by atoms with van der Waals surface area (Å²) in [4.78, 5) is 11.2. The molecule has 0 saturated heterocycles. The third-order valence-electron chi connectivity index (χ3n) is 2.80. The maximum atomic E-state index is 11.2. The Labute approximate surface area is 125 Å². The second-order valence-corrected chi connectivity index (χ2v) is 4.17. The number of ether oxygens (including phenoxy) is 3. The van der Waals surface area contributed by atoms with E-state index in [1.807, 2.05) is 30.3 Å². The van der Waals surface area contributed by atoms with E-state index in [-0.39, 0.29) is 36.5 Å². The molecule has 21 heavy (non-hydrogen) atoms. The zero-order chi connectivity index (χ0) is 16.7. The highest BCUT2D eigenvalue weighted by Crippen LogP contribution is 2.38. The Morgan fingerprint density at radius 2 is 1.86 bits per heavy atom. The molecular formula is C16H16O5. The average Bonchev–Trinajstić information content (AvgIpc) is 2.56. The molecule has 2 rings (SSSR count). The molecule has 2 aromatic carbocycles. The van der Waals surface area contributed by atoms with Gasteiger partial charge in [0.1, 0.15) is 6.61 Å². The summed E-state index contributed by atoms with van der Waals surface area (Å²) in [6.07, 6.45) is 0. The molecular weight excluding hydrogens is 272 g/mol. The largest absolute Gasteiger partial charge is 0.493 e. The van der Waals surface area contributed by atoms with Gasteiger partial charge in [-0.1, -0.05) is 30.3 Å². The summed E-state index contributed by atoms with van der Waals surface area (Å²) in [6.45, 7) is 0.207. The second kappa shape index (κ2) is 6.65. The first-order chi connectivity index (χ1) is 11.2. The van der Waals surface area contributed by atoms with E-state index >= 15 is 0 Å². The predicted molar refractivity (Wildman–Crippen MR) is 77.3 cm³/mol. The average molecular weight is 292 g/mol. The fourth-order valence-corrected chi connectivity index (χ4v) is 1.79. The Morgan fingerprint density at radius 1 is 1.14 bits per heavy atom. The van der Waals surface area contributed by atoms with Crippen LogP contribution in [0.15, 0.2) is 42.5 Å². The fraction of sp³-hybridized carbons (Fsp3) is 0.188. The lowest BCUT2D eigenvalue weighted by molar-refractivity contribution is 0.0695. The van der Waals surface area contributed by atoms with Crippen LogP contribution in [0, 0.1) is 0 Å². The third-order valence-corrected chi connectivity index (χ3v) is 2.80. The van der Waals surface area contributed by atoms with E-state index in [1.54, 1.807) is 0 Å². The van der Waals surface area contributed by atoms with E-state index in [0.29, 0.717) is 0 Å². The summed E-state index contributed by atoms with van der Waals surface area (Å²) >= 11 is 0. The summed E-state index contributed by atoms with van der Waals surface area (Å²) in [6, 6.07) is 11.9. The van der Waals surface area contributed by atoms with Crippen molar-refractivity contribution >= 4 is 5.97 Å². The lowest BCUT2D eigenvalue weighted by Gasteiger charge is -2.14. The molecule has 110 valence electrons. The standard InChI is InChI=1S/C16H16O5/c1-19-13-8-12(16(17)18)9-14(15(13)20-2)21-10-11-6-4-3-5-7-11/h3-9H,10H2,1-2H3,(H,17,18)/i1T,2T. The molecule has 0 fully saturated rings. The first-order valence-corrected chi connectivity index (χ1v) is 6.08. The highest BCUT2D eigenvalue weighted by Gasteiger charge is 2.17. The van der Waals surface area contributed by atoms with E-state index in [2.05, 4.69) is 0 Å². The van der Waals surface area contributed by atoms with Gasteiger partial charge in [0.15, 0.2) is 11.5 Å². The zero-order valence-electron chi connectivity index (χ0n) is 13.2. The van der Waals surface area contributed by atoms with Crippen LogP contribution < -0.4 is 14.2 Å². The smallest absolute Gasteiger partial charge is 0.335 e. The van der Waals surface area contributed by atoms with E-state index in [0.717, 1.165) is 5.56 Å². The molecule has 0 bridgehead atoms. The van der Waals surface area contributed by atoms with Crippen LogP contribution in [0.5, 0.6) is 17.2 Å². The Hall–Kier alpha value is -2.69. The molecule has 0 aromatic heterocycles. The van der Waals surface area contributed by atoms with Crippen LogP contribution >= 0.6 is 0 Å². The topological polar surface area (TPSA) is 65.0 Å². The van der Waals surface area contributed by atoms with Gasteiger partial charge < -0.3 is 19.3 Å². The maximum absolute atomic E-state index is 11.2. The van der Waals surface area contributed by atoms with Crippen molar-refractivity contribution in [2.24, 2.45) is 0 Å². The minimum Gasteiger partial charge on any atom is -0.493 e. The zero-order valence-corrected chi connectivity index (χ0v) is 11.2. The van der Waals surface area contributed by atoms with Crippen molar-refractivity contribution < 1.29 is 26.9 Å². The number of carbonyl (C=O) groups is 1. The Kier molecular flexibility index (Phi) is 3.83. The van der Waals surface area contributed by atoms with Crippen molar-refractivity contribution in [2.45, 2.75) is 6.61 Å². The molecule has 0 aliphatic rings. The van der Waals surface area contributed by atoms with Crippen molar-refractivity contribution in [1.82, 2.24) is 0 Å². The first-order valence-electron chi connectivity index (χ1n) is 7.49. The van der Waals surface area contributed by atoms with Crippen LogP contribution in [0.1, 0.15) is 18.7 Å². The van der Waals surface area contributed by atoms with Crippen LogP contribution in [0.2, 0.25) is 0 Å². The van der Waals surface area contributed by atoms with Gasteiger partial charge in [-0.05, 0) is 17.7 Å². The number of aromatic carboxylic acids is 1. The van der Waals surface area contributed by atoms with Gasteiger partial charge in [0, 0.05) is 0 Å². The van der Waals surface area contributed by atoms with Gasteiger partial charge >= 0.3 is 5.97 Å².